The highest BCUT2D eigenvalue weighted by molar-refractivity contribution is 9.10. The predicted molar refractivity (Wildman–Crippen MR) is 118 cm³/mol. The van der Waals surface area contributed by atoms with Crippen LogP contribution in [0.1, 0.15) is 5.56 Å². The summed E-state index contributed by atoms with van der Waals surface area (Å²) in [4.78, 5) is 5.49. The Labute approximate surface area is 181 Å². The molecule has 0 spiro atoms. The summed E-state index contributed by atoms with van der Waals surface area (Å²) in [5.41, 5.74) is 3.44. The number of rotatable bonds is 3. The summed E-state index contributed by atoms with van der Waals surface area (Å²) in [7, 11) is -3.74. The summed E-state index contributed by atoms with van der Waals surface area (Å²) < 4.78 is 35.1. The number of nitrogens with one attached hydrogen (secondary N) is 1. The summed E-state index contributed by atoms with van der Waals surface area (Å²) in [6, 6.07) is 12.7. The van der Waals surface area contributed by atoms with Crippen molar-refractivity contribution >= 4 is 54.3 Å². The van der Waals surface area contributed by atoms with Crippen LogP contribution in [0, 0.1) is 0 Å². The van der Waals surface area contributed by atoms with Crippen molar-refractivity contribution in [2.75, 3.05) is 11.3 Å². The minimum absolute atomic E-state index is 0.216. The van der Waals surface area contributed by atoms with Gasteiger partial charge in [0.15, 0.2) is 5.09 Å². The fourth-order valence-electron chi connectivity index (χ4n) is 3.34. The van der Waals surface area contributed by atoms with E-state index in [1.54, 1.807) is 18.2 Å². The molecule has 5 nitrogen and oxygen atoms in total. The van der Waals surface area contributed by atoms with Gasteiger partial charge in [-0.1, -0.05) is 36.0 Å². The Morgan fingerprint density at radius 1 is 1.17 bits per heavy atom. The van der Waals surface area contributed by atoms with E-state index in [1.807, 2.05) is 30.3 Å². The van der Waals surface area contributed by atoms with Crippen molar-refractivity contribution in [1.82, 2.24) is 4.98 Å². The smallest absolute Gasteiger partial charge is 0.261 e. The Balaban J connectivity index is 1.45. The first-order chi connectivity index (χ1) is 14.0. The van der Waals surface area contributed by atoms with Crippen LogP contribution in [-0.4, -0.2) is 20.0 Å². The second-order valence-corrected chi connectivity index (χ2v) is 10.3. The molecule has 0 saturated carbocycles. The summed E-state index contributed by atoms with van der Waals surface area (Å²) in [6.07, 6.45) is 6.33. The molecule has 2 aliphatic heterocycles. The molecule has 29 heavy (non-hydrogen) atoms. The third kappa shape index (κ3) is 3.56. The third-order valence-electron chi connectivity index (χ3n) is 4.74. The summed E-state index contributed by atoms with van der Waals surface area (Å²) in [5.74, 6) is 0. The zero-order valence-electron chi connectivity index (χ0n) is 15.1. The van der Waals surface area contributed by atoms with Gasteiger partial charge in [-0.3, -0.25) is 9.71 Å². The van der Waals surface area contributed by atoms with Gasteiger partial charge in [-0.2, -0.15) is 0 Å². The zero-order chi connectivity index (χ0) is 20.0. The number of halogens is 1. The monoisotopic (exact) mass is 486 g/mol. The molecule has 8 heteroatoms. The highest BCUT2D eigenvalue weighted by Gasteiger charge is 2.23. The molecule has 1 N–H and O–H groups in total. The van der Waals surface area contributed by atoms with Gasteiger partial charge in [0.25, 0.3) is 10.0 Å². The first-order valence-corrected chi connectivity index (χ1v) is 12.0. The number of para-hydroxylation sites is 1. The number of anilines is 1. The topological polar surface area (TPSA) is 68.3 Å². The van der Waals surface area contributed by atoms with E-state index >= 15 is 0 Å². The molecule has 146 valence electrons. The first-order valence-electron chi connectivity index (χ1n) is 8.90. The Bertz CT molecular complexity index is 1320. The number of hydrogen-bond acceptors (Lipinski definition) is 5. The molecular formula is C21H15BrN2O3S2. The number of ether oxygens (including phenoxy) is 1. The Morgan fingerprint density at radius 2 is 2.07 bits per heavy atom. The second-order valence-electron chi connectivity index (χ2n) is 6.72. The molecule has 2 aliphatic rings. The maximum atomic E-state index is 13.0. The average molecular weight is 487 g/mol. The predicted octanol–water partition coefficient (Wildman–Crippen LogP) is 5.24. The minimum atomic E-state index is -3.74. The Morgan fingerprint density at radius 3 is 2.97 bits per heavy atom. The van der Waals surface area contributed by atoms with Gasteiger partial charge in [0.1, 0.15) is 6.61 Å². The van der Waals surface area contributed by atoms with Crippen molar-refractivity contribution in [3.63, 3.8) is 0 Å². The summed E-state index contributed by atoms with van der Waals surface area (Å²) in [6.45, 7) is 0.547. The lowest BCUT2D eigenvalue weighted by atomic mass is 10.0. The lowest BCUT2D eigenvalue weighted by molar-refractivity contribution is 0.268. The number of nitrogens with zero attached hydrogens (tertiary/aromatic N) is 1. The minimum Gasteiger partial charge on any atom is -0.483 e. The molecule has 0 atom stereocenters. The van der Waals surface area contributed by atoms with Gasteiger partial charge in [-0.05, 0) is 51.8 Å². The number of thioether (sulfide) groups is 1. The molecular weight excluding hydrogens is 472 g/mol. The molecule has 0 fully saturated rings. The van der Waals surface area contributed by atoms with E-state index in [0.717, 1.165) is 42.9 Å². The average Bonchev–Trinajstić information content (AvgIpc) is 2.71. The van der Waals surface area contributed by atoms with Crippen LogP contribution < -0.4 is 4.72 Å². The van der Waals surface area contributed by atoms with E-state index in [-0.39, 0.29) is 4.90 Å². The van der Waals surface area contributed by atoms with E-state index in [0.29, 0.717) is 12.3 Å². The van der Waals surface area contributed by atoms with Crippen LogP contribution in [0.25, 0.3) is 10.9 Å². The lowest BCUT2D eigenvalue weighted by Crippen LogP contribution is -2.14. The highest BCUT2D eigenvalue weighted by Crippen LogP contribution is 2.41. The van der Waals surface area contributed by atoms with Gasteiger partial charge in [-0.15, -0.1) is 0 Å². The zero-order valence-corrected chi connectivity index (χ0v) is 18.3. The van der Waals surface area contributed by atoms with Crippen LogP contribution in [0.4, 0.5) is 5.69 Å². The molecule has 1 aromatic heterocycles. The maximum Gasteiger partial charge on any atom is 0.261 e. The van der Waals surface area contributed by atoms with E-state index < -0.39 is 10.0 Å². The molecule has 5 rings (SSSR count). The van der Waals surface area contributed by atoms with Gasteiger partial charge in [0, 0.05) is 26.7 Å². The number of fused-ring (bicyclic) bond motifs is 2. The molecule has 0 saturated heterocycles. The largest absolute Gasteiger partial charge is 0.483 e. The van der Waals surface area contributed by atoms with Crippen molar-refractivity contribution in [3.8, 4) is 0 Å². The number of pyridine rings is 1. The van der Waals surface area contributed by atoms with Crippen molar-refractivity contribution in [3.05, 3.63) is 81.5 Å². The molecule has 0 bridgehead atoms. The Kier molecular flexibility index (Phi) is 4.64. The number of hydrogen-bond donors (Lipinski definition) is 1. The number of benzene rings is 2. The lowest BCUT2D eigenvalue weighted by Gasteiger charge is -2.23. The van der Waals surface area contributed by atoms with Crippen molar-refractivity contribution < 1.29 is 13.2 Å². The first kappa shape index (κ1) is 18.7. The van der Waals surface area contributed by atoms with E-state index in [9.17, 15) is 8.42 Å². The number of aromatic nitrogens is 1. The van der Waals surface area contributed by atoms with E-state index in [4.69, 9.17) is 4.74 Å². The highest BCUT2D eigenvalue weighted by atomic mass is 79.9. The SMILES string of the molecule is O=S(=O)(Nc1cnc2c(Br)cccc2c1)c1ccc2c(c1)SC1=C(C=CCO1)C2. The normalized spacial score (nSPS) is 15.6. The molecule has 0 unspecified atom stereocenters. The van der Waals surface area contributed by atoms with Gasteiger partial charge < -0.3 is 4.74 Å². The van der Waals surface area contributed by atoms with Gasteiger partial charge in [0.05, 0.1) is 22.3 Å². The van der Waals surface area contributed by atoms with Crippen LogP contribution in [0.3, 0.4) is 0 Å². The fraction of sp³-hybridized carbons (Fsp3) is 0.0952. The van der Waals surface area contributed by atoms with Gasteiger partial charge in [0.2, 0.25) is 0 Å². The fourth-order valence-corrected chi connectivity index (χ4v) is 6.02. The van der Waals surface area contributed by atoms with Gasteiger partial charge in [-0.25, -0.2) is 8.42 Å². The molecule has 0 radical (unpaired) electrons. The molecule has 2 aromatic carbocycles. The van der Waals surface area contributed by atoms with Crippen molar-refractivity contribution in [2.45, 2.75) is 16.2 Å². The second kappa shape index (κ2) is 7.19. The van der Waals surface area contributed by atoms with Crippen LogP contribution in [0.15, 0.2) is 85.7 Å². The van der Waals surface area contributed by atoms with Crippen LogP contribution in [0.5, 0.6) is 0 Å². The van der Waals surface area contributed by atoms with E-state index in [2.05, 4.69) is 31.7 Å². The van der Waals surface area contributed by atoms with Crippen molar-refractivity contribution in [1.29, 1.82) is 0 Å². The molecule has 0 aliphatic carbocycles. The molecule has 3 heterocycles. The summed E-state index contributed by atoms with van der Waals surface area (Å²) >= 11 is 4.93. The molecule has 0 amide bonds. The molecule has 3 aromatic rings. The third-order valence-corrected chi connectivity index (χ3v) is 7.92. The number of sulfonamides is 1. The summed E-state index contributed by atoms with van der Waals surface area (Å²) in [5, 5.41) is 1.70. The quantitative estimate of drug-likeness (QED) is 0.547. The van der Waals surface area contributed by atoms with Crippen LogP contribution in [-0.2, 0) is 21.2 Å². The van der Waals surface area contributed by atoms with Crippen LogP contribution >= 0.6 is 27.7 Å². The standard InChI is InChI=1S/C21H15BrN2O3S2/c22-18-5-1-3-14-10-16(12-23-20(14)18)24-29(25,26)17-7-6-13-9-15-4-2-8-27-21(15)28-19(13)11-17/h1-7,10-12,24H,8-9H2. The van der Waals surface area contributed by atoms with Gasteiger partial charge >= 0.3 is 0 Å². The maximum absolute atomic E-state index is 13.0. The van der Waals surface area contributed by atoms with Crippen LogP contribution in [0.2, 0.25) is 0 Å². The number of allylic oxidation sites excluding steroid dienone is 2. The Hall–Kier alpha value is -2.29. The van der Waals surface area contributed by atoms with E-state index in [1.165, 1.54) is 18.0 Å². The van der Waals surface area contributed by atoms with Crippen molar-refractivity contribution in [2.24, 2.45) is 0 Å².